The Kier molecular flexibility index (Phi) is 4.34. The first-order chi connectivity index (χ1) is 13.7. The van der Waals surface area contributed by atoms with Crippen molar-refractivity contribution >= 4 is 5.69 Å². The van der Waals surface area contributed by atoms with Crippen LogP contribution in [-0.2, 0) is 6.54 Å². The van der Waals surface area contributed by atoms with Gasteiger partial charge in [0.2, 0.25) is 0 Å². The largest absolute Gasteiger partial charge is 0.371 e. The molecule has 0 aromatic heterocycles. The zero-order chi connectivity index (χ0) is 19.3. The average Bonchev–Trinajstić information content (AvgIpc) is 3.17. The van der Waals surface area contributed by atoms with E-state index in [1.54, 1.807) is 6.07 Å². The Morgan fingerprint density at radius 2 is 2.04 bits per heavy atom. The van der Waals surface area contributed by atoms with Crippen molar-refractivity contribution in [3.8, 4) is 17.2 Å². The molecule has 2 bridgehead atoms. The summed E-state index contributed by atoms with van der Waals surface area (Å²) in [5, 5.41) is 9.04. The summed E-state index contributed by atoms with van der Waals surface area (Å²) in [7, 11) is 0. The van der Waals surface area contributed by atoms with Crippen LogP contribution in [0.1, 0.15) is 36.8 Å². The van der Waals surface area contributed by atoms with Gasteiger partial charge in [-0.25, -0.2) is 4.39 Å². The molecular weight excluding hydrogens is 351 g/mol. The lowest BCUT2D eigenvalue weighted by Gasteiger charge is -2.37. The fraction of sp³-hybridized carbons (Fsp3) is 0.435. The van der Waals surface area contributed by atoms with Crippen LogP contribution in [0.25, 0.3) is 11.1 Å². The van der Waals surface area contributed by atoms with Crippen molar-refractivity contribution in [2.45, 2.75) is 50.4 Å². The van der Waals surface area contributed by atoms with Gasteiger partial charge in [0.05, 0.1) is 5.56 Å². The molecule has 5 heteroatoms. The molecule has 4 nitrogen and oxygen atoms in total. The van der Waals surface area contributed by atoms with Crippen molar-refractivity contribution < 1.29 is 4.39 Å². The number of nitrogens with two attached hydrogens (primary N) is 1. The number of hydrogen-bond acceptors (Lipinski definition) is 4. The fourth-order valence-corrected chi connectivity index (χ4v) is 5.23. The highest BCUT2D eigenvalue weighted by atomic mass is 19.1. The molecule has 28 heavy (non-hydrogen) atoms. The zero-order valence-corrected chi connectivity index (χ0v) is 15.9. The van der Waals surface area contributed by atoms with E-state index in [0.29, 0.717) is 18.1 Å². The number of benzene rings is 2. The van der Waals surface area contributed by atoms with Crippen LogP contribution in [0.2, 0.25) is 0 Å². The summed E-state index contributed by atoms with van der Waals surface area (Å²) >= 11 is 0. The molecule has 3 heterocycles. The maximum absolute atomic E-state index is 14.3. The van der Waals surface area contributed by atoms with E-state index in [4.69, 9.17) is 11.0 Å². The van der Waals surface area contributed by atoms with Crippen LogP contribution in [0.15, 0.2) is 36.4 Å². The predicted molar refractivity (Wildman–Crippen MR) is 108 cm³/mol. The highest BCUT2D eigenvalue weighted by Gasteiger charge is 2.44. The monoisotopic (exact) mass is 376 g/mol. The Labute approximate surface area is 165 Å². The van der Waals surface area contributed by atoms with Crippen LogP contribution >= 0.6 is 0 Å². The topological polar surface area (TPSA) is 56.3 Å². The van der Waals surface area contributed by atoms with Crippen LogP contribution < -0.4 is 10.6 Å². The number of para-hydroxylation sites is 1. The van der Waals surface area contributed by atoms with E-state index in [9.17, 15) is 4.39 Å². The van der Waals surface area contributed by atoms with Crippen LogP contribution in [0, 0.1) is 17.1 Å². The molecule has 0 spiro atoms. The van der Waals surface area contributed by atoms with E-state index in [0.717, 1.165) is 37.2 Å². The molecule has 0 aliphatic carbocycles. The lowest BCUT2D eigenvalue weighted by molar-refractivity contribution is 0.239. The van der Waals surface area contributed by atoms with Gasteiger partial charge in [0.1, 0.15) is 11.9 Å². The molecule has 5 rings (SSSR count). The first-order valence-corrected chi connectivity index (χ1v) is 10.2. The highest BCUT2D eigenvalue weighted by Crippen LogP contribution is 2.42. The van der Waals surface area contributed by atoms with Crippen LogP contribution in [0.3, 0.4) is 0 Å². The Morgan fingerprint density at radius 1 is 1.18 bits per heavy atom. The predicted octanol–water partition coefficient (Wildman–Crippen LogP) is 3.64. The summed E-state index contributed by atoms with van der Waals surface area (Å²) in [5.41, 5.74) is 10.8. The fourth-order valence-electron chi connectivity index (χ4n) is 5.23. The van der Waals surface area contributed by atoms with Gasteiger partial charge in [0, 0.05) is 49.0 Å². The van der Waals surface area contributed by atoms with Crippen molar-refractivity contribution in [2.75, 3.05) is 18.0 Å². The molecule has 3 saturated heterocycles. The minimum absolute atomic E-state index is 0.0908. The molecule has 2 aromatic rings. The molecule has 144 valence electrons. The second-order valence-corrected chi connectivity index (χ2v) is 8.33. The summed E-state index contributed by atoms with van der Waals surface area (Å²) in [6.45, 7) is 2.98. The van der Waals surface area contributed by atoms with Gasteiger partial charge in [-0.1, -0.05) is 24.3 Å². The maximum Gasteiger partial charge on any atom is 0.141 e. The van der Waals surface area contributed by atoms with Gasteiger partial charge in [-0.2, -0.15) is 5.26 Å². The van der Waals surface area contributed by atoms with E-state index < -0.39 is 5.82 Å². The van der Waals surface area contributed by atoms with Crippen molar-refractivity contribution in [1.82, 2.24) is 4.90 Å². The van der Waals surface area contributed by atoms with E-state index in [1.165, 1.54) is 36.6 Å². The standard InChI is InChI=1S/C23H25FN4/c24-20-11-15(5-6-16(20)13-25)19-4-1-3-17(23(19)27-9-2-10-27)14-28-18-7-8-22(28)21(26)12-18/h1,3-6,11,18,21-22H,2,7-10,12,14,26H2/t18-,21+,22+/m1/s1. The Morgan fingerprint density at radius 3 is 2.64 bits per heavy atom. The SMILES string of the molecule is N#Cc1ccc(-c2cccc(CN3[C@@H]4CC[C@H]3[C@@H](N)C4)c2N2CCC2)cc1F. The number of nitrogens with zero attached hydrogens (tertiary/aromatic N) is 3. The van der Waals surface area contributed by atoms with E-state index in [1.807, 2.05) is 12.1 Å². The average molecular weight is 376 g/mol. The first-order valence-electron chi connectivity index (χ1n) is 10.2. The summed E-state index contributed by atoms with van der Waals surface area (Å²) in [6.07, 6.45) is 4.74. The molecule has 0 amide bonds. The Balaban J connectivity index is 1.55. The molecule has 2 N–H and O–H groups in total. The van der Waals surface area contributed by atoms with Crippen molar-refractivity contribution in [1.29, 1.82) is 5.26 Å². The molecule has 3 aliphatic heterocycles. The lowest BCUT2D eigenvalue weighted by Crippen LogP contribution is -2.39. The maximum atomic E-state index is 14.3. The van der Waals surface area contributed by atoms with Gasteiger partial charge in [-0.05, 0) is 48.9 Å². The first kappa shape index (κ1) is 17.7. The summed E-state index contributed by atoms with van der Waals surface area (Å²) in [5.74, 6) is -0.455. The van der Waals surface area contributed by atoms with Gasteiger partial charge in [-0.3, -0.25) is 4.90 Å². The third kappa shape index (κ3) is 2.80. The zero-order valence-electron chi connectivity index (χ0n) is 15.9. The van der Waals surface area contributed by atoms with Gasteiger partial charge >= 0.3 is 0 Å². The molecule has 3 fully saturated rings. The second-order valence-electron chi connectivity index (χ2n) is 8.33. The minimum atomic E-state index is -0.455. The van der Waals surface area contributed by atoms with Gasteiger partial charge in [0.25, 0.3) is 0 Å². The number of fused-ring (bicyclic) bond motifs is 2. The summed E-state index contributed by atoms with van der Waals surface area (Å²) in [4.78, 5) is 4.99. The highest BCUT2D eigenvalue weighted by molar-refractivity contribution is 5.82. The summed E-state index contributed by atoms with van der Waals surface area (Å²) < 4.78 is 14.3. The van der Waals surface area contributed by atoms with Crippen LogP contribution in [0.4, 0.5) is 10.1 Å². The van der Waals surface area contributed by atoms with Crippen LogP contribution in [0.5, 0.6) is 0 Å². The van der Waals surface area contributed by atoms with Gasteiger partial charge < -0.3 is 10.6 Å². The molecule has 0 radical (unpaired) electrons. The summed E-state index contributed by atoms with van der Waals surface area (Å²) in [6, 6.07) is 14.6. The number of anilines is 1. The number of nitriles is 1. The lowest BCUT2D eigenvalue weighted by atomic mass is 9.96. The number of halogens is 1. The van der Waals surface area contributed by atoms with Crippen molar-refractivity contribution in [3.05, 3.63) is 53.3 Å². The quantitative estimate of drug-likeness (QED) is 0.885. The molecule has 2 aromatic carbocycles. The Hall–Kier alpha value is -2.42. The smallest absolute Gasteiger partial charge is 0.141 e. The van der Waals surface area contributed by atoms with Crippen molar-refractivity contribution in [2.24, 2.45) is 5.73 Å². The number of rotatable bonds is 4. The van der Waals surface area contributed by atoms with Crippen LogP contribution in [-0.4, -0.2) is 36.1 Å². The third-order valence-electron chi connectivity index (χ3n) is 6.77. The van der Waals surface area contributed by atoms with Crippen molar-refractivity contribution in [3.63, 3.8) is 0 Å². The van der Waals surface area contributed by atoms with Gasteiger partial charge in [0.15, 0.2) is 0 Å². The molecule has 0 saturated carbocycles. The minimum Gasteiger partial charge on any atom is -0.371 e. The molecule has 0 unspecified atom stereocenters. The third-order valence-corrected chi connectivity index (χ3v) is 6.77. The normalized spacial score (nSPS) is 26.3. The number of hydrogen-bond donors (Lipinski definition) is 1. The molecule has 3 aliphatic rings. The van der Waals surface area contributed by atoms with E-state index >= 15 is 0 Å². The van der Waals surface area contributed by atoms with E-state index in [-0.39, 0.29) is 5.56 Å². The molecular formula is C23H25FN4. The van der Waals surface area contributed by atoms with E-state index in [2.05, 4.69) is 28.0 Å². The van der Waals surface area contributed by atoms with Gasteiger partial charge in [-0.15, -0.1) is 0 Å². The second kappa shape index (κ2) is 6.88. The Bertz CT molecular complexity index is 946. The molecule has 3 atom stereocenters.